The van der Waals surface area contributed by atoms with E-state index in [2.05, 4.69) is 6.58 Å². The van der Waals surface area contributed by atoms with Crippen molar-refractivity contribution in [3.63, 3.8) is 0 Å². The number of hydrogen-bond donors (Lipinski definition) is 1. The normalized spacial score (nSPS) is 32.5. The predicted octanol–water partition coefficient (Wildman–Crippen LogP) is 1.23. The van der Waals surface area contributed by atoms with Crippen LogP contribution in [0.1, 0.15) is 27.2 Å². The summed E-state index contributed by atoms with van der Waals surface area (Å²) < 4.78 is 5.18. The van der Waals surface area contributed by atoms with Crippen molar-refractivity contribution >= 4 is 5.97 Å². The monoisotopic (exact) mass is 183 g/mol. The molecule has 0 aromatic heterocycles. The van der Waals surface area contributed by atoms with E-state index in [4.69, 9.17) is 10.5 Å². The van der Waals surface area contributed by atoms with Crippen molar-refractivity contribution in [2.24, 2.45) is 11.7 Å². The van der Waals surface area contributed by atoms with Crippen molar-refractivity contribution in [1.82, 2.24) is 0 Å². The number of rotatable bonds is 2. The molecular formula is C10H17NO2. The SMILES string of the molecule is C=C[C@H]1C[C@@]1(N)C(=O)OC(C)(C)C. The van der Waals surface area contributed by atoms with Crippen LogP contribution in [0.2, 0.25) is 0 Å². The van der Waals surface area contributed by atoms with E-state index in [1.54, 1.807) is 6.08 Å². The van der Waals surface area contributed by atoms with Crippen LogP contribution in [0.5, 0.6) is 0 Å². The molecule has 1 fully saturated rings. The minimum absolute atomic E-state index is 0.0855. The fourth-order valence-electron chi connectivity index (χ4n) is 1.21. The van der Waals surface area contributed by atoms with Crippen LogP contribution >= 0.6 is 0 Å². The predicted molar refractivity (Wildman–Crippen MR) is 51.1 cm³/mol. The second kappa shape index (κ2) is 2.84. The number of carbonyl (C=O) groups excluding carboxylic acids is 1. The van der Waals surface area contributed by atoms with Gasteiger partial charge in [-0.15, -0.1) is 6.58 Å². The Hall–Kier alpha value is -0.830. The first-order chi connectivity index (χ1) is 5.79. The zero-order chi connectivity index (χ0) is 10.3. The first-order valence-corrected chi connectivity index (χ1v) is 4.44. The van der Waals surface area contributed by atoms with Crippen LogP contribution in [0.25, 0.3) is 0 Å². The second-order valence-corrected chi connectivity index (χ2v) is 4.59. The molecule has 13 heavy (non-hydrogen) atoms. The molecule has 1 saturated carbocycles. The summed E-state index contributed by atoms with van der Waals surface area (Å²) in [7, 11) is 0. The first-order valence-electron chi connectivity index (χ1n) is 4.44. The van der Waals surface area contributed by atoms with Gasteiger partial charge in [-0.25, -0.2) is 0 Å². The summed E-state index contributed by atoms with van der Waals surface area (Å²) in [6.45, 7) is 9.11. The number of hydrogen-bond acceptors (Lipinski definition) is 3. The molecule has 0 unspecified atom stereocenters. The van der Waals surface area contributed by atoms with Crippen LogP contribution in [0.4, 0.5) is 0 Å². The summed E-state index contributed by atoms with van der Waals surface area (Å²) >= 11 is 0. The van der Waals surface area contributed by atoms with Gasteiger partial charge < -0.3 is 10.5 Å². The van der Waals surface area contributed by atoms with Gasteiger partial charge in [0.2, 0.25) is 0 Å². The van der Waals surface area contributed by atoms with Crippen LogP contribution in [0.15, 0.2) is 12.7 Å². The van der Waals surface area contributed by atoms with Gasteiger partial charge in [0.25, 0.3) is 0 Å². The minimum Gasteiger partial charge on any atom is -0.459 e. The molecule has 0 aliphatic heterocycles. The summed E-state index contributed by atoms with van der Waals surface area (Å²) in [5.74, 6) is -0.229. The molecule has 0 heterocycles. The first kappa shape index (κ1) is 10.3. The van der Waals surface area contributed by atoms with Crippen LogP contribution in [0, 0.1) is 5.92 Å². The summed E-state index contributed by atoms with van der Waals surface area (Å²) in [4.78, 5) is 11.5. The Balaban J connectivity index is 2.56. The summed E-state index contributed by atoms with van der Waals surface area (Å²) in [5.41, 5.74) is 4.55. The van der Waals surface area contributed by atoms with Crippen molar-refractivity contribution < 1.29 is 9.53 Å². The van der Waals surface area contributed by atoms with Crippen LogP contribution < -0.4 is 5.73 Å². The molecule has 2 atom stereocenters. The lowest BCUT2D eigenvalue weighted by atomic mass is 10.1. The molecule has 1 aliphatic rings. The number of carbonyl (C=O) groups is 1. The van der Waals surface area contributed by atoms with Gasteiger partial charge in [0.15, 0.2) is 0 Å². The number of esters is 1. The molecular weight excluding hydrogens is 166 g/mol. The Labute approximate surface area is 78.9 Å². The van der Waals surface area contributed by atoms with Crippen molar-refractivity contribution in [2.75, 3.05) is 0 Å². The number of ether oxygens (including phenoxy) is 1. The molecule has 1 aliphatic carbocycles. The highest BCUT2D eigenvalue weighted by Crippen LogP contribution is 2.43. The molecule has 0 saturated heterocycles. The van der Waals surface area contributed by atoms with Crippen LogP contribution in [-0.2, 0) is 9.53 Å². The van der Waals surface area contributed by atoms with E-state index in [-0.39, 0.29) is 11.9 Å². The van der Waals surface area contributed by atoms with Gasteiger partial charge in [-0.3, -0.25) is 4.79 Å². The summed E-state index contributed by atoms with van der Waals surface area (Å²) in [5, 5.41) is 0. The summed E-state index contributed by atoms with van der Waals surface area (Å²) in [6, 6.07) is 0. The Bertz CT molecular complexity index is 242. The topological polar surface area (TPSA) is 52.3 Å². The second-order valence-electron chi connectivity index (χ2n) is 4.59. The molecule has 0 radical (unpaired) electrons. The van der Waals surface area contributed by atoms with Gasteiger partial charge in [0.05, 0.1) is 0 Å². The van der Waals surface area contributed by atoms with Gasteiger partial charge in [-0.1, -0.05) is 6.08 Å². The quantitative estimate of drug-likeness (QED) is 0.517. The minimum atomic E-state index is -0.797. The molecule has 3 heteroatoms. The molecule has 0 aromatic carbocycles. The maximum absolute atomic E-state index is 11.5. The van der Waals surface area contributed by atoms with Crippen LogP contribution in [-0.4, -0.2) is 17.1 Å². The lowest BCUT2D eigenvalue weighted by molar-refractivity contribution is -0.158. The van der Waals surface area contributed by atoms with E-state index >= 15 is 0 Å². The average Bonchev–Trinajstić information content (AvgIpc) is 2.60. The maximum Gasteiger partial charge on any atom is 0.327 e. The van der Waals surface area contributed by atoms with E-state index in [9.17, 15) is 4.79 Å². The van der Waals surface area contributed by atoms with Gasteiger partial charge in [-0.05, 0) is 27.2 Å². The molecule has 74 valence electrons. The highest BCUT2D eigenvalue weighted by molar-refractivity contribution is 5.85. The fraction of sp³-hybridized carbons (Fsp3) is 0.700. The zero-order valence-electron chi connectivity index (χ0n) is 8.46. The third kappa shape index (κ3) is 2.10. The third-order valence-corrected chi connectivity index (χ3v) is 2.12. The van der Waals surface area contributed by atoms with Crippen molar-refractivity contribution in [3.8, 4) is 0 Å². The van der Waals surface area contributed by atoms with E-state index in [0.717, 1.165) is 0 Å². The Kier molecular flexibility index (Phi) is 2.24. The van der Waals surface area contributed by atoms with Crippen molar-refractivity contribution in [3.05, 3.63) is 12.7 Å². The highest BCUT2D eigenvalue weighted by Gasteiger charge is 2.57. The Morgan fingerprint density at radius 1 is 1.69 bits per heavy atom. The molecule has 1 rings (SSSR count). The molecule has 3 nitrogen and oxygen atoms in total. The average molecular weight is 183 g/mol. The van der Waals surface area contributed by atoms with Gasteiger partial charge in [-0.2, -0.15) is 0 Å². The Morgan fingerprint density at radius 3 is 2.54 bits per heavy atom. The molecule has 0 bridgehead atoms. The van der Waals surface area contributed by atoms with Crippen molar-refractivity contribution in [1.29, 1.82) is 0 Å². The zero-order valence-corrected chi connectivity index (χ0v) is 8.46. The largest absolute Gasteiger partial charge is 0.459 e. The van der Waals surface area contributed by atoms with Gasteiger partial charge in [0, 0.05) is 5.92 Å². The van der Waals surface area contributed by atoms with Gasteiger partial charge >= 0.3 is 5.97 Å². The standard InChI is InChI=1S/C10H17NO2/c1-5-7-6-10(7,11)8(12)13-9(2,3)4/h5,7H,1,6,11H2,2-4H3/t7-,10-/m0/s1. The smallest absolute Gasteiger partial charge is 0.327 e. The molecule has 2 N–H and O–H groups in total. The maximum atomic E-state index is 11.5. The summed E-state index contributed by atoms with van der Waals surface area (Å²) in [6.07, 6.45) is 2.37. The highest BCUT2D eigenvalue weighted by atomic mass is 16.6. The molecule has 0 spiro atoms. The van der Waals surface area contributed by atoms with E-state index < -0.39 is 11.1 Å². The number of nitrogens with two attached hydrogens (primary N) is 1. The lowest BCUT2D eigenvalue weighted by Gasteiger charge is -2.22. The lowest BCUT2D eigenvalue weighted by Crippen LogP contribution is -2.40. The van der Waals surface area contributed by atoms with Crippen molar-refractivity contribution in [2.45, 2.75) is 38.3 Å². The third-order valence-electron chi connectivity index (χ3n) is 2.12. The van der Waals surface area contributed by atoms with Gasteiger partial charge in [0.1, 0.15) is 11.1 Å². The van der Waals surface area contributed by atoms with E-state index in [1.807, 2.05) is 20.8 Å². The fourth-order valence-corrected chi connectivity index (χ4v) is 1.21. The molecule has 0 aromatic rings. The van der Waals surface area contributed by atoms with E-state index in [1.165, 1.54) is 0 Å². The molecule has 0 amide bonds. The van der Waals surface area contributed by atoms with Crippen LogP contribution in [0.3, 0.4) is 0 Å². The Morgan fingerprint density at radius 2 is 2.23 bits per heavy atom. The van der Waals surface area contributed by atoms with E-state index in [0.29, 0.717) is 6.42 Å².